The van der Waals surface area contributed by atoms with Crippen LogP contribution in [0.25, 0.3) is 0 Å². The van der Waals surface area contributed by atoms with Crippen LogP contribution in [0, 0.1) is 17.8 Å². The van der Waals surface area contributed by atoms with Crippen molar-refractivity contribution in [2.45, 2.75) is 38.4 Å². The molecule has 0 aliphatic heterocycles. The molecule has 3 atom stereocenters. The van der Waals surface area contributed by atoms with Crippen LogP contribution in [0.3, 0.4) is 0 Å². The zero-order valence-corrected chi connectivity index (χ0v) is 10.3. The molecule has 3 unspecified atom stereocenters. The average Bonchev–Trinajstić information content (AvgIpc) is 2.58. The van der Waals surface area contributed by atoms with Gasteiger partial charge in [0.2, 0.25) is 0 Å². The Balaban J connectivity index is 1.81. The van der Waals surface area contributed by atoms with Gasteiger partial charge < -0.3 is 11.1 Å². The van der Waals surface area contributed by atoms with Gasteiger partial charge in [0.05, 0.1) is 0 Å². The van der Waals surface area contributed by atoms with Gasteiger partial charge in [-0.1, -0.05) is 26.0 Å². The Hall–Kier alpha value is 0.247. The van der Waals surface area contributed by atoms with Crippen LogP contribution in [0.1, 0.15) is 19.3 Å². The zero-order valence-electron chi connectivity index (χ0n) is 8.59. The molecule has 0 aromatic rings. The number of hydrogen-bond acceptors (Lipinski definition) is 0. The summed E-state index contributed by atoms with van der Waals surface area (Å²) in [5.74, 6) is 2.81. The van der Waals surface area contributed by atoms with E-state index < -0.39 is 7.38 Å². The van der Waals surface area contributed by atoms with E-state index in [1.54, 1.807) is 0 Å². The summed E-state index contributed by atoms with van der Waals surface area (Å²) >= 11 is 6.33. The van der Waals surface area contributed by atoms with Crippen molar-refractivity contribution in [3.8, 4) is 0 Å². The molecule has 2 heteroatoms. The molecule has 0 aromatic heterocycles. The molecule has 2 rings (SSSR count). The molecule has 2 aliphatic rings. The summed E-state index contributed by atoms with van der Waals surface area (Å²) in [5.41, 5.74) is 0. The van der Waals surface area contributed by atoms with Gasteiger partial charge in [-0.2, -0.15) is 13.1 Å². The second-order valence-electron chi connectivity index (χ2n) is 5.30. The van der Waals surface area contributed by atoms with Crippen LogP contribution in [-0.2, 0) is 0 Å². The van der Waals surface area contributed by atoms with Crippen LogP contribution in [0.5, 0.6) is 0 Å². The molecular weight excluding hydrogens is 196 g/mol. The molecule has 0 radical (unpaired) electrons. The van der Waals surface area contributed by atoms with Gasteiger partial charge in [-0.25, -0.2) is 0 Å². The van der Waals surface area contributed by atoms with Crippen LogP contribution in [0.15, 0.2) is 12.2 Å². The average molecular weight is 215 g/mol. The van der Waals surface area contributed by atoms with Crippen molar-refractivity contribution in [1.82, 2.24) is 0 Å². The summed E-state index contributed by atoms with van der Waals surface area (Å²) in [6.07, 6.45) is 9.14. The van der Waals surface area contributed by atoms with Crippen LogP contribution < -0.4 is 0 Å². The lowest BCUT2D eigenvalue weighted by Crippen LogP contribution is -2.18. The Morgan fingerprint density at radius 1 is 1.31 bits per heavy atom. The fourth-order valence-electron chi connectivity index (χ4n) is 2.76. The molecule has 0 saturated heterocycles. The first-order chi connectivity index (χ1) is 6.04. The maximum atomic E-state index is 6.33. The lowest BCUT2D eigenvalue weighted by molar-refractivity contribution is 0.433. The van der Waals surface area contributed by atoms with Crippen molar-refractivity contribution in [1.29, 1.82) is 0 Å². The second kappa shape index (κ2) is 3.43. The van der Waals surface area contributed by atoms with Crippen molar-refractivity contribution >= 4 is 18.5 Å². The van der Waals surface area contributed by atoms with E-state index in [2.05, 4.69) is 25.2 Å². The topological polar surface area (TPSA) is 0 Å². The quantitative estimate of drug-likeness (QED) is 0.378. The molecule has 2 bridgehead atoms. The Labute approximate surface area is 87.1 Å². The Morgan fingerprint density at radius 3 is 2.54 bits per heavy atom. The monoisotopic (exact) mass is 214 g/mol. The summed E-state index contributed by atoms with van der Waals surface area (Å²) in [6, 6.07) is 1.30. The summed E-state index contributed by atoms with van der Waals surface area (Å²) in [4.78, 5) is 0. The van der Waals surface area contributed by atoms with E-state index in [-0.39, 0.29) is 0 Å². The minimum absolute atomic E-state index is 0.915. The summed E-state index contributed by atoms with van der Waals surface area (Å²) in [6.45, 7) is 4.52. The first-order valence-electron chi connectivity index (χ1n) is 5.42. The van der Waals surface area contributed by atoms with Crippen molar-refractivity contribution in [3.05, 3.63) is 12.2 Å². The van der Waals surface area contributed by atoms with Gasteiger partial charge in [-0.15, -0.1) is 6.04 Å². The molecule has 0 N–H and O–H groups in total. The van der Waals surface area contributed by atoms with E-state index in [4.69, 9.17) is 11.1 Å². The standard InChI is InChI=1S/C11H19ClSi/c1-13(2,12)6-5-11-8-9-3-4-10(11)7-9/h3-4,9-11H,5-8H2,1-2H3/q-1. The SMILES string of the molecule is C[Si-](C)(Cl)CCC1CC2C=CC1C2. The van der Waals surface area contributed by atoms with E-state index in [1.807, 2.05) is 0 Å². The van der Waals surface area contributed by atoms with Crippen molar-refractivity contribution in [3.63, 3.8) is 0 Å². The minimum atomic E-state index is -1.30. The van der Waals surface area contributed by atoms with Crippen LogP contribution in [0.4, 0.5) is 0 Å². The highest BCUT2D eigenvalue weighted by Crippen LogP contribution is 2.46. The molecule has 0 amide bonds. The highest BCUT2D eigenvalue weighted by atomic mass is 35.6. The van der Waals surface area contributed by atoms with Gasteiger partial charge in [-0.05, 0) is 30.6 Å². The highest BCUT2D eigenvalue weighted by Gasteiger charge is 2.34. The predicted molar refractivity (Wildman–Crippen MR) is 61.6 cm³/mol. The second-order valence-corrected chi connectivity index (χ2v) is 12.3. The molecule has 0 aromatic carbocycles. The molecule has 0 heterocycles. The normalized spacial score (nSPS) is 37.3. The lowest BCUT2D eigenvalue weighted by atomic mass is 9.91. The van der Waals surface area contributed by atoms with Crippen LogP contribution in [0.2, 0.25) is 19.1 Å². The minimum Gasteiger partial charge on any atom is -0.355 e. The van der Waals surface area contributed by atoms with Crippen LogP contribution in [-0.4, -0.2) is 7.38 Å². The van der Waals surface area contributed by atoms with E-state index in [1.165, 1.54) is 25.3 Å². The van der Waals surface area contributed by atoms with Gasteiger partial charge in [0.1, 0.15) is 0 Å². The predicted octanol–water partition coefficient (Wildman–Crippen LogP) is 4.03. The lowest BCUT2D eigenvalue weighted by Gasteiger charge is -2.28. The molecule has 1 saturated carbocycles. The Kier molecular flexibility index (Phi) is 2.58. The van der Waals surface area contributed by atoms with Gasteiger partial charge in [0.15, 0.2) is 0 Å². The molecule has 0 spiro atoms. The van der Waals surface area contributed by atoms with Crippen molar-refractivity contribution in [2.24, 2.45) is 17.8 Å². The van der Waals surface area contributed by atoms with Crippen molar-refractivity contribution < 1.29 is 0 Å². The number of hydrogen-bond donors (Lipinski definition) is 0. The summed E-state index contributed by atoms with van der Waals surface area (Å²) in [7, 11) is -1.30. The van der Waals surface area contributed by atoms with Gasteiger partial charge in [0, 0.05) is 0 Å². The number of halogens is 1. The van der Waals surface area contributed by atoms with E-state index in [9.17, 15) is 0 Å². The van der Waals surface area contributed by atoms with Gasteiger partial charge in [0.25, 0.3) is 0 Å². The maximum Gasteiger partial charge on any atom is -0.0200 e. The molecule has 1 fully saturated rings. The van der Waals surface area contributed by atoms with E-state index >= 15 is 0 Å². The number of rotatable bonds is 3. The molecule has 13 heavy (non-hydrogen) atoms. The Morgan fingerprint density at radius 2 is 2.08 bits per heavy atom. The fourth-order valence-corrected chi connectivity index (χ4v) is 4.14. The first kappa shape index (κ1) is 9.79. The largest absolute Gasteiger partial charge is 0.355 e. The zero-order chi connectivity index (χ0) is 9.47. The third-order valence-electron chi connectivity index (χ3n) is 3.53. The van der Waals surface area contributed by atoms with E-state index in [0.29, 0.717) is 0 Å². The molecule has 2 aliphatic carbocycles. The first-order valence-corrected chi connectivity index (χ1v) is 9.64. The fraction of sp³-hybridized carbons (Fsp3) is 0.818. The number of fused-ring (bicyclic) bond motifs is 2. The summed E-state index contributed by atoms with van der Waals surface area (Å²) in [5, 5.41) is 0. The molecule has 75 valence electrons. The van der Waals surface area contributed by atoms with E-state index in [0.717, 1.165) is 17.8 Å². The smallest absolute Gasteiger partial charge is 0.0200 e. The molecule has 0 nitrogen and oxygen atoms in total. The third-order valence-corrected chi connectivity index (χ3v) is 5.57. The van der Waals surface area contributed by atoms with Gasteiger partial charge >= 0.3 is 0 Å². The van der Waals surface area contributed by atoms with Gasteiger partial charge in [-0.3, -0.25) is 0 Å². The van der Waals surface area contributed by atoms with Crippen molar-refractivity contribution in [2.75, 3.05) is 0 Å². The molecular formula is C11H19ClSi-. The summed E-state index contributed by atoms with van der Waals surface area (Å²) < 4.78 is 0. The third kappa shape index (κ3) is 2.38. The van der Waals surface area contributed by atoms with Crippen LogP contribution >= 0.6 is 11.1 Å². The number of allylic oxidation sites excluding steroid dienone is 2. The maximum absolute atomic E-state index is 6.33. The highest BCUT2D eigenvalue weighted by molar-refractivity contribution is 7.19. The Bertz CT molecular complexity index is 217.